The molecule has 0 saturated heterocycles. The lowest BCUT2D eigenvalue weighted by molar-refractivity contribution is 0.0926. The fourth-order valence-corrected chi connectivity index (χ4v) is 2.00. The van der Waals surface area contributed by atoms with Gasteiger partial charge >= 0.3 is 0 Å². The predicted molar refractivity (Wildman–Crippen MR) is 80.0 cm³/mol. The van der Waals surface area contributed by atoms with Crippen LogP contribution in [0.4, 0.5) is 0 Å². The first-order valence-corrected chi connectivity index (χ1v) is 6.85. The first kappa shape index (κ1) is 15.7. The average Bonchev–Trinajstić information content (AvgIpc) is 2.30. The van der Waals surface area contributed by atoms with Gasteiger partial charge in [0.1, 0.15) is 5.75 Å². The van der Waals surface area contributed by atoms with Gasteiger partial charge in [-0.25, -0.2) is 0 Å². The van der Waals surface area contributed by atoms with Gasteiger partial charge in [0.2, 0.25) is 0 Å². The van der Waals surface area contributed by atoms with Crippen molar-refractivity contribution in [2.75, 3.05) is 7.11 Å². The van der Waals surface area contributed by atoms with Crippen LogP contribution < -0.4 is 4.74 Å². The van der Waals surface area contributed by atoms with E-state index in [1.54, 1.807) is 7.11 Å². The Labute approximate surface area is 117 Å². The molecule has 19 heavy (non-hydrogen) atoms. The van der Waals surface area contributed by atoms with Gasteiger partial charge in [0.25, 0.3) is 0 Å². The lowest BCUT2D eigenvalue weighted by atomic mass is 9.78. The van der Waals surface area contributed by atoms with Gasteiger partial charge in [-0.2, -0.15) is 0 Å². The Morgan fingerprint density at radius 1 is 1.21 bits per heavy atom. The van der Waals surface area contributed by atoms with Gasteiger partial charge in [-0.3, -0.25) is 4.79 Å². The van der Waals surface area contributed by atoms with Crippen LogP contribution in [0.25, 0.3) is 0 Å². The summed E-state index contributed by atoms with van der Waals surface area (Å²) in [5.41, 5.74) is 2.99. The van der Waals surface area contributed by atoms with Crippen LogP contribution >= 0.6 is 0 Å². The second-order valence-electron chi connectivity index (χ2n) is 6.53. The largest absolute Gasteiger partial charge is 0.496 e. The molecule has 1 rings (SSSR count). The number of hydrogen-bond donors (Lipinski definition) is 0. The number of methoxy groups -OCH3 is 1. The molecule has 0 aliphatic carbocycles. The Morgan fingerprint density at radius 2 is 1.79 bits per heavy atom. The van der Waals surface area contributed by atoms with E-state index in [4.69, 9.17) is 4.74 Å². The fraction of sp³-hybridized carbons (Fsp3) is 0.588. The monoisotopic (exact) mass is 262 g/mol. The van der Waals surface area contributed by atoms with Crippen molar-refractivity contribution in [1.82, 2.24) is 0 Å². The van der Waals surface area contributed by atoms with E-state index in [0.717, 1.165) is 22.4 Å². The number of rotatable bonds is 4. The van der Waals surface area contributed by atoms with Gasteiger partial charge in [-0.1, -0.05) is 27.7 Å². The molecule has 0 radical (unpaired) electrons. The van der Waals surface area contributed by atoms with Gasteiger partial charge in [0, 0.05) is 12.0 Å². The second-order valence-corrected chi connectivity index (χ2v) is 6.53. The van der Waals surface area contributed by atoms with E-state index < -0.39 is 0 Å². The Hall–Kier alpha value is -1.31. The first-order valence-electron chi connectivity index (χ1n) is 6.85. The zero-order valence-electron chi connectivity index (χ0n) is 13.3. The molecule has 1 atom stereocenters. The second kappa shape index (κ2) is 5.77. The van der Waals surface area contributed by atoms with E-state index in [1.807, 2.05) is 26.0 Å². The summed E-state index contributed by atoms with van der Waals surface area (Å²) in [5.74, 6) is 1.44. The lowest BCUT2D eigenvalue weighted by Gasteiger charge is -2.26. The summed E-state index contributed by atoms with van der Waals surface area (Å²) in [7, 11) is 1.66. The van der Waals surface area contributed by atoms with Crippen molar-refractivity contribution in [1.29, 1.82) is 0 Å². The van der Waals surface area contributed by atoms with Crippen LogP contribution in [0.15, 0.2) is 12.1 Å². The molecule has 0 aromatic heterocycles. The van der Waals surface area contributed by atoms with Crippen molar-refractivity contribution in [3.8, 4) is 5.75 Å². The zero-order chi connectivity index (χ0) is 14.8. The van der Waals surface area contributed by atoms with Crippen LogP contribution in [0.5, 0.6) is 5.75 Å². The lowest BCUT2D eigenvalue weighted by Crippen LogP contribution is -2.21. The Balaban J connectivity index is 2.98. The van der Waals surface area contributed by atoms with E-state index in [2.05, 4.69) is 27.7 Å². The maximum Gasteiger partial charge on any atom is 0.163 e. The normalized spacial score (nSPS) is 13.2. The maximum atomic E-state index is 12.4. The number of aryl methyl sites for hydroxylation is 2. The molecule has 1 unspecified atom stereocenters. The standard InChI is InChI=1S/C17H26O2/c1-11-9-16(19-7)12(2)8-14(11)15(18)10-13(3)17(4,5)6/h8-9,13H,10H2,1-7H3. The molecule has 0 amide bonds. The maximum absolute atomic E-state index is 12.4. The third kappa shape index (κ3) is 3.82. The molecule has 0 fully saturated rings. The van der Waals surface area contributed by atoms with E-state index in [1.165, 1.54) is 0 Å². The third-order valence-electron chi connectivity index (χ3n) is 4.01. The molecule has 2 heteroatoms. The van der Waals surface area contributed by atoms with Gasteiger partial charge in [0.15, 0.2) is 5.78 Å². The average molecular weight is 262 g/mol. The summed E-state index contributed by atoms with van der Waals surface area (Å²) in [4.78, 5) is 12.4. The van der Waals surface area contributed by atoms with Crippen molar-refractivity contribution >= 4 is 5.78 Å². The number of carbonyl (C=O) groups excluding carboxylic acids is 1. The van der Waals surface area contributed by atoms with Crippen molar-refractivity contribution in [3.63, 3.8) is 0 Å². The topological polar surface area (TPSA) is 26.3 Å². The summed E-state index contributed by atoms with van der Waals surface area (Å²) in [5, 5.41) is 0. The summed E-state index contributed by atoms with van der Waals surface area (Å²) in [6, 6.07) is 3.90. The molecule has 0 N–H and O–H groups in total. The highest BCUT2D eigenvalue weighted by molar-refractivity contribution is 5.98. The summed E-state index contributed by atoms with van der Waals surface area (Å²) in [6.45, 7) is 12.6. The van der Waals surface area contributed by atoms with Crippen LogP contribution in [0.1, 0.15) is 55.6 Å². The molecule has 0 spiro atoms. The summed E-state index contributed by atoms with van der Waals surface area (Å²) < 4.78 is 5.28. The Kier molecular flexibility index (Phi) is 4.78. The number of carbonyl (C=O) groups is 1. The minimum Gasteiger partial charge on any atom is -0.496 e. The van der Waals surface area contributed by atoms with Crippen LogP contribution in [0, 0.1) is 25.2 Å². The number of ketones is 1. The SMILES string of the molecule is COc1cc(C)c(C(=O)CC(C)C(C)(C)C)cc1C. The Bertz CT molecular complexity index is 467. The molecule has 0 heterocycles. The van der Waals surface area contributed by atoms with Gasteiger partial charge < -0.3 is 4.74 Å². The molecule has 0 bridgehead atoms. The van der Waals surface area contributed by atoms with E-state index in [0.29, 0.717) is 12.3 Å². The van der Waals surface area contributed by atoms with Crippen molar-refractivity contribution in [2.45, 2.75) is 48.0 Å². The highest BCUT2D eigenvalue weighted by Gasteiger charge is 2.24. The molecule has 1 aromatic carbocycles. The van der Waals surface area contributed by atoms with Gasteiger partial charge in [-0.05, 0) is 48.4 Å². The molecular formula is C17H26O2. The number of ether oxygens (including phenoxy) is 1. The molecule has 2 nitrogen and oxygen atoms in total. The number of Topliss-reactive ketones (excluding diaryl/α,β-unsaturated/α-hetero) is 1. The van der Waals surface area contributed by atoms with Gasteiger partial charge in [0.05, 0.1) is 7.11 Å². The first-order chi connectivity index (χ1) is 8.66. The summed E-state index contributed by atoms with van der Waals surface area (Å²) in [6.07, 6.45) is 0.593. The Morgan fingerprint density at radius 3 is 2.26 bits per heavy atom. The quantitative estimate of drug-likeness (QED) is 0.743. The van der Waals surface area contributed by atoms with E-state index in [9.17, 15) is 4.79 Å². The van der Waals surface area contributed by atoms with Crippen molar-refractivity contribution in [2.24, 2.45) is 11.3 Å². The van der Waals surface area contributed by atoms with Gasteiger partial charge in [-0.15, -0.1) is 0 Å². The molecule has 1 aromatic rings. The predicted octanol–water partition coefficient (Wildman–Crippen LogP) is 4.57. The third-order valence-corrected chi connectivity index (χ3v) is 4.01. The van der Waals surface area contributed by atoms with E-state index >= 15 is 0 Å². The van der Waals surface area contributed by atoms with Crippen molar-refractivity contribution in [3.05, 3.63) is 28.8 Å². The minimum absolute atomic E-state index is 0.158. The molecule has 0 saturated carbocycles. The van der Waals surface area contributed by atoms with Crippen LogP contribution in [0.3, 0.4) is 0 Å². The molecule has 106 valence electrons. The minimum atomic E-state index is 0.158. The van der Waals surface area contributed by atoms with Crippen molar-refractivity contribution < 1.29 is 9.53 Å². The number of benzene rings is 1. The highest BCUT2D eigenvalue weighted by Crippen LogP contribution is 2.30. The molecular weight excluding hydrogens is 236 g/mol. The number of hydrogen-bond acceptors (Lipinski definition) is 2. The van der Waals surface area contributed by atoms with E-state index in [-0.39, 0.29) is 11.2 Å². The molecule has 0 aliphatic heterocycles. The fourth-order valence-electron chi connectivity index (χ4n) is 2.00. The summed E-state index contributed by atoms with van der Waals surface area (Å²) >= 11 is 0. The van der Waals surface area contributed by atoms with Crippen LogP contribution in [-0.2, 0) is 0 Å². The van der Waals surface area contributed by atoms with Crippen LogP contribution in [0.2, 0.25) is 0 Å². The highest BCUT2D eigenvalue weighted by atomic mass is 16.5. The van der Waals surface area contributed by atoms with Crippen LogP contribution in [-0.4, -0.2) is 12.9 Å². The molecule has 0 aliphatic rings. The zero-order valence-corrected chi connectivity index (χ0v) is 13.3. The smallest absolute Gasteiger partial charge is 0.163 e.